The van der Waals surface area contributed by atoms with Crippen LogP contribution < -0.4 is 10.9 Å². The molecule has 1 aromatic carbocycles. The van der Waals surface area contributed by atoms with Crippen molar-refractivity contribution in [1.82, 2.24) is 14.9 Å². The summed E-state index contributed by atoms with van der Waals surface area (Å²) in [6.07, 6.45) is -0.568. The maximum atomic E-state index is 15.0. The van der Waals surface area contributed by atoms with Gasteiger partial charge in [-0.2, -0.15) is 0 Å². The number of aryl methyl sites for hydroxylation is 1. The lowest BCUT2D eigenvalue weighted by atomic mass is 9.81. The van der Waals surface area contributed by atoms with Gasteiger partial charge in [-0.15, -0.1) is 5.92 Å². The summed E-state index contributed by atoms with van der Waals surface area (Å²) >= 11 is 0. The average molecular weight is 532 g/mol. The Morgan fingerprint density at radius 3 is 2.82 bits per heavy atom. The SMILES string of the molecule is CC#C[C@@H](O)C(=O)N[C@H]1CCc2c(C)c(F)cc3nc4c(c1c23)Cn1c-4cc2c(c1=O)COC(=O)[C@]2(O)CC. The van der Waals surface area contributed by atoms with Crippen LogP contribution in [0.25, 0.3) is 22.3 Å². The van der Waals surface area contributed by atoms with Crippen LogP contribution in [0.5, 0.6) is 0 Å². The first kappa shape index (κ1) is 25.2. The topological polar surface area (TPSA) is 131 Å². The van der Waals surface area contributed by atoms with Crippen LogP contribution in [0.2, 0.25) is 0 Å². The first-order valence-electron chi connectivity index (χ1n) is 12.8. The van der Waals surface area contributed by atoms with Crippen LogP contribution in [0, 0.1) is 24.6 Å². The number of esters is 1. The molecule has 2 aliphatic heterocycles. The van der Waals surface area contributed by atoms with Crippen molar-refractivity contribution in [2.75, 3.05) is 0 Å². The summed E-state index contributed by atoms with van der Waals surface area (Å²) in [5.41, 5.74) is 1.86. The van der Waals surface area contributed by atoms with Gasteiger partial charge < -0.3 is 24.8 Å². The Hall–Kier alpha value is -4.07. The zero-order valence-corrected chi connectivity index (χ0v) is 21.6. The van der Waals surface area contributed by atoms with E-state index in [9.17, 15) is 29.0 Å². The van der Waals surface area contributed by atoms with E-state index < -0.39 is 41.0 Å². The molecule has 9 nitrogen and oxygen atoms in total. The average Bonchev–Trinajstić information content (AvgIpc) is 3.29. The Labute approximate surface area is 222 Å². The highest BCUT2D eigenvalue weighted by Crippen LogP contribution is 2.45. The fraction of sp³-hybridized carbons (Fsp3) is 0.379. The minimum Gasteiger partial charge on any atom is -0.458 e. The Morgan fingerprint density at radius 1 is 1.33 bits per heavy atom. The number of carbonyl (C=O) groups is 2. The van der Waals surface area contributed by atoms with E-state index in [-0.39, 0.29) is 30.7 Å². The smallest absolute Gasteiger partial charge is 0.343 e. The van der Waals surface area contributed by atoms with Gasteiger partial charge in [-0.1, -0.05) is 12.8 Å². The van der Waals surface area contributed by atoms with E-state index in [1.54, 1.807) is 19.9 Å². The molecule has 0 saturated carbocycles. The van der Waals surface area contributed by atoms with Gasteiger partial charge in [0.15, 0.2) is 11.7 Å². The number of pyridine rings is 2. The second kappa shape index (κ2) is 8.73. The van der Waals surface area contributed by atoms with E-state index in [0.29, 0.717) is 46.4 Å². The van der Waals surface area contributed by atoms with Crippen molar-refractivity contribution in [3.05, 3.63) is 61.7 Å². The number of nitrogens with zero attached hydrogens (tertiary/aromatic N) is 2. The van der Waals surface area contributed by atoms with E-state index in [4.69, 9.17) is 9.72 Å². The molecule has 39 heavy (non-hydrogen) atoms. The van der Waals surface area contributed by atoms with Gasteiger partial charge in [-0.25, -0.2) is 14.2 Å². The van der Waals surface area contributed by atoms with Gasteiger partial charge in [0.25, 0.3) is 11.5 Å². The normalized spacial score (nSPS) is 21.3. The molecule has 0 spiro atoms. The van der Waals surface area contributed by atoms with Crippen LogP contribution in [0.3, 0.4) is 0 Å². The molecule has 0 unspecified atom stereocenters. The van der Waals surface area contributed by atoms with Crippen LogP contribution in [0.1, 0.15) is 66.1 Å². The van der Waals surface area contributed by atoms with Crippen molar-refractivity contribution in [3.8, 4) is 23.2 Å². The van der Waals surface area contributed by atoms with E-state index >= 15 is 0 Å². The lowest BCUT2D eigenvalue weighted by Gasteiger charge is -2.31. The molecule has 0 radical (unpaired) electrons. The van der Waals surface area contributed by atoms with Gasteiger partial charge in [-0.3, -0.25) is 9.59 Å². The molecule has 10 heteroatoms. The third-order valence-electron chi connectivity index (χ3n) is 8.22. The molecule has 3 N–H and O–H groups in total. The highest BCUT2D eigenvalue weighted by Gasteiger charge is 2.46. The second-order valence-corrected chi connectivity index (χ2v) is 10.2. The zero-order chi connectivity index (χ0) is 27.8. The van der Waals surface area contributed by atoms with Crippen LogP contribution in [-0.2, 0) is 39.5 Å². The van der Waals surface area contributed by atoms with Crippen molar-refractivity contribution in [2.45, 2.75) is 70.9 Å². The quantitative estimate of drug-likeness (QED) is 0.272. The number of carbonyl (C=O) groups excluding carboxylic acids is 2. The first-order chi connectivity index (χ1) is 18.6. The minimum absolute atomic E-state index is 0.00984. The molecule has 1 amide bonds. The summed E-state index contributed by atoms with van der Waals surface area (Å²) in [4.78, 5) is 43.7. The molecule has 6 rings (SSSR count). The molecule has 0 saturated heterocycles. The first-order valence-corrected chi connectivity index (χ1v) is 12.8. The number of benzene rings is 1. The summed E-state index contributed by atoms with van der Waals surface area (Å²) in [7, 11) is 0. The number of cyclic esters (lactones) is 1. The summed E-state index contributed by atoms with van der Waals surface area (Å²) < 4.78 is 21.6. The van der Waals surface area contributed by atoms with Crippen LogP contribution in [0.4, 0.5) is 4.39 Å². The molecule has 0 fully saturated rings. The zero-order valence-electron chi connectivity index (χ0n) is 21.6. The fourth-order valence-corrected chi connectivity index (χ4v) is 6.15. The predicted molar refractivity (Wildman–Crippen MR) is 138 cm³/mol. The molecule has 3 aromatic rings. The van der Waals surface area contributed by atoms with Crippen molar-refractivity contribution < 1.29 is 28.9 Å². The highest BCUT2D eigenvalue weighted by molar-refractivity contribution is 5.94. The van der Waals surface area contributed by atoms with Crippen molar-refractivity contribution >= 4 is 22.8 Å². The molecule has 3 atom stereocenters. The Balaban J connectivity index is 1.61. The lowest BCUT2D eigenvalue weighted by molar-refractivity contribution is -0.172. The summed E-state index contributed by atoms with van der Waals surface area (Å²) in [6, 6.07) is 2.40. The number of hydrogen-bond donors (Lipinski definition) is 3. The number of fused-ring (bicyclic) bond motifs is 5. The fourth-order valence-electron chi connectivity index (χ4n) is 6.15. The second-order valence-electron chi connectivity index (χ2n) is 10.2. The van der Waals surface area contributed by atoms with Gasteiger partial charge in [0, 0.05) is 22.6 Å². The molecule has 2 aromatic heterocycles. The Kier molecular flexibility index (Phi) is 5.64. The summed E-state index contributed by atoms with van der Waals surface area (Å²) in [5, 5.41) is 24.9. The van der Waals surface area contributed by atoms with Gasteiger partial charge in [0.1, 0.15) is 12.4 Å². The largest absolute Gasteiger partial charge is 0.458 e. The maximum absolute atomic E-state index is 15.0. The van der Waals surface area contributed by atoms with Gasteiger partial charge in [-0.05, 0) is 55.9 Å². The number of aromatic nitrogens is 2. The number of amides is 1. The van der Waals surface area contributed by atoms with E-state index in [1.807, 2.05) is 0 Å². The van der Waals surface area contributed by atoms with Gasteiger partial charge in [0.05, 0.1) is 35.1 Å². The highest BCUT2D eigenvalue weighted by atomic mass is 19.1. The number of hydrogen-bond acceptors (Lipinski definition) is 7. The number of aliphatic hydroxyl groups is 2. The number of halogens is 1. The Morgan fingerprint density at radius 2 is 2.10 bits per heavy atom. The van der Waals surface area contributed by atoms with E-state index in [2.05, 4.69) is 17.2 Å². The molecule has 1 aliphatic carbocycles. The van der Waals surface area contributed by atoms with E-state index in [1.165, 1.54) is 17.6 Å². The monoisotopic (exact) mass is 531 g/mol. The molecular formula is C29H26FN3O6. The van der Waals surface area contributed by atoms with Crippen LogP contribution in [-0.4, -0.2) is 37.7 Å². The van der Waals surface area contributed by atoms with Gasteiger partial charge in [0.2, 0.25) is 0 Å². The minimum atomic E-state index is -1.97. The predicted octanol–water partition coefficient (Wildman–Crippen LogP) is 2.01. The Bertz CT molecular complexity index is 1750. The van der Waals surface area contributed by atoms with Crippen molar-refractivity contribution in [2.24, 2.45) is 0 Å². The maximum Gasteiger partial charge on any atom is 0.343 e. The number of aliphatic hydroxyl groups excluding tert-OH is 1. The molecule has 200 valence electrons. The van der Waals surface area contributed by atoms with Crippen molar-refractivity contribution in [1.29, 1.82) is 0 Å². The molecular weight excluding hydrogens is 505 g/mol. The van der Waals surface area contributed by atoms with Gasteiger partial charge >= 0.3 is 5.97 Å². The third kappa shape index (κ3) is 3.46. The standard InChI is InChI=1S/C29H26FN3O6/c1-4-6-22(34)26(35)32-19-8-7-14-13(3)18(30)10-20-23(14)24(19)15-11-33-21(25(15)31-20)9-17-16(27(33)36)12-39-28(37)29(17,38)5-2/h9-10,19,22,34,38H,5,7-8,11-12H2,1-3H3,(H,32,35)/t19-,22+,29-/m0/s1. The third-order valence-corrected chi connectivity index (χ3v) is 8.22. The number of rotatable bonds is 3. The molecule has 0 bridgehead atoms. The number of ether oxygens (including phenoxy) is 1. The van der Waals surface area contributed by atoms with E-state index in [0.717, 1.165) is 10.9 Å². The van der Waals surface area contributed by atoms with Crippen LogP contribution in [0.15, 0.2) is 16.9 Å². The number of nitrogens with one attached hydrogen (secondary N) is 1. The summed E-state index contributed by atoms with van der Waals surface area (Å²) in [5.74, 6) is 3.09. The van der Waals surface area contributed by atoms with Crippen molar-refractivity contribution in [3.63, 3.8) is 0 Å². The molecule has 4 heterocycles. The van der Waals surface area contributed by atoms with Crippen LogP contribution >= 0.6 is 0 Å². The summed E-state index contributed by atoms with van der Waals surface area (Å²) in [6.45, 7) is 4.74. The lowest BCUT2D eigenvalue weighted by Crippen LogP contribution is -2.44. The molecule has 3 aliphatic rings.